The lowest BCUT2D eigenvalue weighted by atomic mass is 10.1. The van der Waals surface area contributed by atoms with Crippen LogP contribution in [0.3, 0.4) is 0 Å². The van der Waals surface area contributed by atoms with Crippen LogP contribution in [0.1, 0.15) is 18.4 Å². The largest absolute Gasteiger partial charge is 0.508 e. The zero-order chi connectivity index (χ0) is 17.4. The van der Waals surface area contributed by atoms with Gasteiger partial charge in [-0.1, -0.05) is 35.3 Å². The number of phenols is 1. The van der Waals surface area contributed by atoms with E-state index >= 15 is 0 Å². The molecule has 2 rings (SSSR count). The van der Waals surface area contributed by atoms with Crippen LogP contribution in [0.2, 0.25) is 10.0 Å². The van der Waals surface area contributed by atoms with Gasteiger partial charge in [0, 0.05) is 18.0 Å². The molecule has 0 heterocycles. The molecular formula is C18H19Cl2NO3. The molecule has 4 nitrogen and oxygen atoms in total. The summed E-state index contributed by atoms with van der Waals surface area (Å²) in [6.07, 6.45) is 1.72. The Morgan fingerprint density at radius 3 is 2.58 bits per heavy atom. The van der Waals surface area contributed by atoms with Gasteiger partial charge in [0.05, 0.1) is 11.6 Å². The molecule has 0 atom stereocenters. The molecule has 0 aromatic heterocycles. The van der Waals surface area contributed by atoms with Crippen molar-refractivity contribution in [3.8, 4) is 11.5 Å². The van der Waals surface area contributed by atoms with Crippen molar-refractivity contribution >= 4 is 29.1 Å². The monoisotopic (exact) mass is 367 g/mol. The zero-order valence-corrected chi connectivity index (χ0v) is 14.6. The van der Waals surface area contributed by atoms with Crippen molar-refractivity contribution in [2.45, 2.75) is 19.3 Å². The van der Waals surface area contributed by atoms with Crippen LogP contribution in [0.5, 0.6) is 11.5 Å². The van der Waals surface area contributed by atoms with Crippen LogP contribution in [-0.4, -0.2) is 24.2 Å². The quantitative estimate of drug-likeness (QED) is 0.686. The fourth-order valence-corrected chi connectivity index (χ4v) is 2.57. The Morgan fingerprint density at radius 1 is 1.12 bits per heavy atom. The van der Waals surface area contributed by atoms with Crippen molar-refractivity contribution < 1.29 is 14.6 Å². The molecule has 0 fully saturated rings. The first-order valence-corrected chi connectivity index (χ1v) is 8.42. The molecule has 1 amide bonds. The summed E-state index contributed by atoms with van der Waals surface area (Å²) in [5.41, 5.74) is 1.06. The first-order valence-electron chi connectivity index (χ1n) is 7.67. The van der Waals surface area contributed by atoms with Crippen molar-refractivity contribution in [1.82, 2.24) is 5.32 Å². The second kappa shape index (κ2) is 9.40. The van der Waals surface area contributed by atoms with Gasteiger partial charge in [-0.3, -0.25) is 4.79 Å². The number of phenolic OH excluding ortho intramolecular Hbond substituents is 1. The summed E-state index contributed by atoms with van der Waals surface area (Å²) < 4.78 is 5.53. The Balaban J connectivity index is 1.60. The van der Waals surface area contributed by atoms with E-state index in [-0.39, 0.29) is 11.7 Å². The number of amides is 1. The molecule has 0 spiro atoms. The first-order chi connectivity index (χ1) is 11.5. The molecule has 2 aromatic rings. The molecule has 0 aliphatic heterocycles. The first kappa shape index (κ1) is 18.4. The third-order valence-electron chi connectivity index (χ3n) is 3.37. The molecular weight excluding hydrogens is 349 g/mol. The minimum absolute atomic E-state index is 0.0143. The van der Waals surface area contributed by atoms with E-state index in [2.05, 4.69) is 5.32 Å². The Labute approximate surface area is 151 Å². The predicted molar refractivity (Wildman–Crippen MR) is 96.0 cm³/mol. The number of ether oxygens (including phenoxy) is 1. The normalized spacial score (nSPS) is 10.4. The maximum absolute atomic E-state index is 11.8. The van der Waals surface area contributed by atoms with Crippen LogP contribution in [0.25, 0.3) is 0 Å². The summed E-state index contributed by atoms with van der Waals surface area (Å²) in [6, 6.07) is 12.0. The van der Waals surface area contributed by atoms with Crippen molar-refractivity contribution in [1.29, 1.82) is 0 Å². The van der Waals surface area contributed by atoms with Gasteiger partial charge in [-0.05, 0) is 48.7 Å². The average Bonchev–Trinajstić information content (AvgIpc) is 2.55. The molecule has 6 heteroatoms. The van der Waals surface area contributed by atoms with E-state index in [4.69, 9.17) is 27.9 Å². The number of halogens is 2. The molecule has 0 bridgehead atoms. The second-order valence-electron chi connectivity index (χ2n) is 5.29. The highest BCUT2D eigenvalue weighted by Gasteiger charge is 2.04. The van der Waals surface area contributed by atoms with E-state index in [1.54, 1.807) is 30.3 Å². The third-order valence-corrected chi connectivity index (χ3v) is 3.90. The van der Waals surface area contributed by atoms with Gasteiger partial charge in [0.1, 0.15) is 11.5 Å². The van der Waals surface area contributed by atoms with Crippen molar-refractivity contribution in [3.05, 3.63) is 58.1 Å². The van der Waals surface area contributed by atoms with E-state index in [0.717, 1.165) is 12.0 Å². The maximum Gasteiger partial charge on any atom is 0.220 e. The summed E-state index contributed by atoms with van der Waals surface area (Å²) in [4.78, 5) is 11.8. The average molecular weight is 368 g/mol. The Bertz CT molecular complexity index is 674. The minimum atomic E-state index is -0.0143. The number of hydrogen-bond acceptors (Lipinski definition) is 3. The van der Waals surface area contributed by atoms with Crippen LogP contribution in [-0.2, 0) is 11.2 Å². The lowest BCUT2D eigenvalue weighted by Crippen LogP contribution is -2.25. The number of carbonyl (C=O) groups excluding carboxylic acids is 1. The van der Waals surface area contributed by atoms with Crippen LogP contribution in [0, 0.1) is 0 Å². The van der Waals surface area contributed by atoms with Gasteiger partial charge in [-0.2, -0.15) is 0 Å². The van der Waals surface area contributed by atoms with Crippen LogP contribution in [0.15, 0.2) is 42.5 Å². The number of carbonyl (C=O) groups is 1. The van der Waals surface area contributed by atoms with Crippen molar-refractivity contribution in [2.24, 2.45) is 0 Å². The Morgan fingerprint density at radius 2 is 1.88 bits per heavy atom. The van der Waals surface area contributed by atoms with Crippen LogP contribution >= 0.6 is 23.2 Å². The highest BCUT2D eigenvalue weighted by atomic mass is 35.5. The molecule has 0 aliphatic carbocycles. The Hall–Kier alpha value is -1.91. The minimum Gasteiger partial charge on any atom is -0.508 e. The number of nitrogens with one attached hydrogen (secondary N) is 1. The molecule has 128 valence electrons. The summed E-state index contributed by atoms with van der Waals surface area (Å²) in [6.45, 7) is 0.972. The van der Waals surface area contributed by atoms with E-state index in [1.807, 2.05) is 12.1 Å². The number of rotatable bonds is 8. The number of benzene rings is 2. The summed E-state index contributed by atoms with van der Waals surface area (Å²) in [7, 11) is 0. The molecule has 24 heavy (non-hydrogen) atoms. The van der Waals surface area contributed by atoms with Crippen molar-refractivity contribution in [3.63, 3.8) is 0 Å². The standard InChI is InChI=1S/C18H19Cl2NO3/c19-14-5-8-17(16(20)12-14)24-11-1-2-18(23)21-10-9-13-3-6-15(22)7-4-13/h3-8,12,22H,1-2,9-11H2,(H,21,23). The van der Waals surface area contributed by atoms with Crippen molar-refractivity contribution in [2.75, 3.05) is 13.2 Å². The van der Waals surface area contributed by atoms with Gasteiger partial charge < -0.3 is 15.2 Å². The summed E-state index contributed by atoms with van der Waals surface area (Å²) in [5.74, 6) is 0.789. The fraction of sp³-hybridized carbons (Fsp3) is 0.278. The van der Waals surface area contributed by atoms with Gasteiger partial charge in [0.15, 0.2) is 0 Å². The zero-order valence-electron chi connectivity index (χ0n) is 13.1. The van der Waals surface area contributed by atoms with E-state index < -0.39 is 0 Å². The van der Waals surface area contributed by atoms with Gasteiger partial charge >= 0.3 is 0 Å². The van der Waals surface area contributed by atoms with Crippen LogP contribution in [0.4, 0.5) is 0 Å². The van der Waals surface area contributed by atoms with Gasteiger partial charge in [0.2, 0.25) is 5.91 Å². The summed E-state index contributed by atoms with van der Waals surface area (Å²) >= 11 is 11.8. The Kier molecular flexibility index (Phi) is 7.22. The van der Waals surface area contributed by atoms with Gasteiger partial charge in [-0.25, -0.2) is 0 Å². The molecule has 0 aliphatic rings. The molecule has 0 unspecified atom stereocenters. The van der Waals surface area contributed by atoms with Gasteiger partial charge in [-0.15, -0.1) is 0 Å². The van der Waals surface area contributed by atoms with E-state index in [0.29, 0.717) is 41.8 Å². The maximum atomic E-state index is 11.8. The SMILES string of the molecule is O=C(CCCOc1ccc(Cl)cc1Cl)NCCc1ccc(O)cc1. The lowest BCUT2D eigenvalue weighted by molar-refractivity contribution is -0.121. The molecule has 0 radical (unpaired) electrons. The molecule has 2 N–H and O–H groups in total. The van der Waals surface area contributed by atoms with Gasteiger partial charge in [0.25, 0.3) is 0 Å². The van der Waals surface area contributed by atoms with E-state index in [9.17, 15) is 9.90 Å². The number of hydrogen-bond donors (Lipinski definition) is 2. The smallest absolute Gasteiger partial charge is 0.220 e. The highest BCUT2D eigenvalue weighted by Crippen LogP contribution is 2.27. The third kappa shape index (κ3) is 6.30. The highest BCUT2D eigenvalue weighted by molar-refractivity contribution is 6.35. The summed E-state index contributed by atoms with van der Waals surface area (Å²) in [5, 5.41) is 13.1. The number of aromatic hydroxyl groups is 1. The fourth-order valence-electron chi connectivity index (χ4n) is 2.10. The van der Waals surface area contributed by atoms with E-state index in [1.165, 1.54) is 0 Å². The van der Waals surface area contributed by atoms with Crippen LogP contribution < -0.4 is 10.1 Å². The molecule has 2 aromatic carbocycles. The predicted octanol–water partition coefficient (Wildman–Crippen LogP) is 4.22. The second-order valence-corrected chi connectivity index (χ2v) is 6.14. The molecule has 0 saturated carbocycles. The molecule has 0 saturated heterocycles. The topological polar surface area (TPSA) is 58.6 Å². The lowest BCUT2D eigenvalue weighted by Gasteiger charge is -2.09.